The third-order valence-electron chi connectivity index (χ3n) is 2.66. The smallest absolute Gasteiger partial charge is 0.123 e. The molecule has 2 aromatic rings. The van der Waals surface area contributed by atoms with Crippen molar-refractivity contribution < 1.29 is 4.39 Å². The standard InChI is InChI=1S/C13H14FNS/c1-13(15,8-10-6-7-16-9-10)11-2-4-12(14)5-3-11/h2-7,9H,8,15H2,1H3. The highest BCUT2D eigenvalue weighted by molar-refractivity contribution is 7.07. The van der Waals surface area contributed by atoms with Gasteiger partial charge in [0.05, 0.1) is 0 Å². The predicted octanol–water partition coefficient (Wildman–Crippen LogP) is 3.30. The van der Waals surface area contributed by atoms with Gasteiger partial charge in [0.1, 0.15) is 5.82 Å². The highest BCUT2D eigenvalue weighted by Gasteiger charge is 2.21. The van der Waals surface area contributed by atoms with Crippen LogP contribution in [0.5, 0.6) is 0 Å². The minimum absolute atomic E-state index is 0.227. The topological polar surface area (TPSA) is 26.0 Å². The fourth-order valence-corrected chi connectivity index (χ4v) is 2.42. The van der Waals surface area contributed by atoms with E-state index >= 15 is 0 Å². The van der Waals surface area contributed by atoms with Crippen LogP contribution in [0, 0.1) is 5.82 Å². The minimum Gasteiger partial charge on any atom is -0.321 e. The van der Waals surface area contributed by atoms with Crippen molar-refractivity contribution in [1.29, 1.82) is 0 Å². The van der Waals surface area contributed by atoms with Gasteiger partial charge in [-0.15, -0.1) is 0 Å². The van der Waals surface area contributed by atoms with Gasteiger partial charge >= 0.3 is 0 Å². The minimum atomic E-state index is -0.450. The van der Waals surface area contributed by atoms with Crippen molar-refractivity contribution in [3.05, 3.63) is 58.0 Å². The molecule has 0 aliphatic carbocycles. The summed E-state index contributed by atoms with van der Waals surface area (Å²) in [5.74, 6) is -0.227. The number of thiophene rings is 1. The van der Waals surface area contributed by atoms with Gasteiger partial charge in [0, 0.05) is 5.54 Å². The van der Waals surface area contributed by atoms with Gasteiger partial charge in [0.25, 0.3) is 0 Å². The summed E-state index contributed by atoms with van der Waals surface area (Å²) in [4.78, 5) is 0. The van der Waals surface area contributed by atoms with Crippen molar-refractivity contribution in [3.8, 4) is 0 Å². The average Bonchev–Trinajstić information content (AvgIpc) is 2.70. The zero-order chi connectivity index (χ0) is 11.6. The number of hydrogen-bond acceptors (Lipinski definition) is 2. The molecule has 0 saturated carbocycles. The van der Waals surface area contributed by atoms with Crippen molar-refractivity contribution in [3.63, 3.8) is 0 Å². The van der Waals surface area contributed by atoms with Crippen LogP contribution in [-0.4, -0.2) is 0 Å². The molecular weight excluding hydrogens is 221 g/mol. The van der Waals surface area contributed by atoms with Gasteiger partial charge in [-0.2, -0.15) is 11.3 Å². The van der Waals surface area contributed by atoms with Crippen LogP contribution in [-0.2, 0) is 12.0 Å². The first-order chi connectivity index (χ1) is 7.58. The average molecular weight is 235 g/mol. The van der Waals surface area contributed by atoms with E-state index in [4.69, 9.17) is 5.73 Å². The van der Waals surface area contributed by atoms with Crippen LogP contribution in [0.1, 0.15) is 18.1 Å². The Morgan fingerprint density at radius 3 is 2.50 bits per heavy atom. The van der Waals surface area contributed by atoms with Crippen LogP contribution in [0.3, 0.4) is 0 Å². The molecule has 1 unspecified atom stereocenters. The van der Waals surface area contributed by atoms with E-state index in [1.807, 2.05) is 12.3 Å². The molecule has 3 heteroatoms. The summed E-state index contributed by atoms with van der Waals surface area (Å²) in [7, 11) is 0. The first-order valence-electron chi connectivity index (χ1n) is 5.14. The van der Waals surface area contributed by atoms with Crippen LogP contribution in [0.15, 0.2) is 41.1 Å². The second kappa shape index (κ2) is 4.36. The molecule has 1 aromatic heterocycles. The van der Waals surface area contributed by atoms with Crippen molar-refractivity contribution in [2.45, 2.75) is 18.9 Å². The van der Waals surface area contributed by atoms with E-state index < -0.39 is 5.54 Å². The van der Waals surface area contributed by atoms with E-state index in [1.165, 1.54) is 17.7 Å². The first kappa shape index (κ1) is 11.3. The number of halogens is 1. The zero-order valence-corrected chi connectivity index (χ0v) is 9.93. The molecule has 0 radical (unpaired) electrons. The Labute approximate surface area is 98.7 Å². The molecule has 1 aromatic carbocycles. The lowest BCUT2D eigenvalue weighted by Crippen LogP contribution is -2.35. The van der Waals surface area contributed by atoms with Gasteiger partial charge in [-0.05, 0) is 53.4 Å². The Kier molecular flexibility index (Phi) is 3.08. The lowest BCUT2D eigenvalue weighted by molar-refractivity contribution is 0.490. The summed E-state index contributed by atoms with van der Waals surface area (Å²) in [6, 6.07) is 8.48. The lowest BCUT2D eigenvalue weighted by Gasteiger charge is -2.24. The molecule has 0 aliphatic heterocycles. The second-order valence-corrected chi connectivity index (χ2v) is 5.01. The molecule has 0 amide bonds. The van der Waals surface area contributed by atoms with Crippen molar-refractivity contribution in [2.75, 3.05) is 0 Å². The molecule has 1 heterocycles. The fourth-order valence-electron chi connectivity index (χ4n) is 1.75. The predicted molar refractivity (Wildman–Crippen MR) is 66.0 cm³/mol. The molecule has 1 nitrogen and oxygen atoms in total. The molecular formula is C13H14FNS. The summed E-state index contributed by atoms with van der Waals surface area (Å²) in [6.45, 7) is 1.97. The molecule has 16 heavy (non-hydrogen) atoms. The summed E-state index contributed by atoms with van der Waals surface area (Å²) in [6.07, 6.45) is 0.766. The molecule has 1 atom stereocenters. The largest absolute Gasteiger partial charge is 0.321 e. The summed E-state index contributed by atoms with van der Waals surface area (Å²) in [5, 5.41) is 4.13. The third kappa shape index (κ3) is 2.49. The molecule has 84 valence electrons. The molecule has 2 rings (SSSR count). The number of rotatable bonds is 3. The van der Waals surface area contributed by atoms with Gasteiger partial charge in [0.2, 0.25) is 0 Å². The van der Waals surface area contributed by atoms with E-state index in [2.05, 4.69) is 11.4 Å². The van der Waals surface area contributed by atoms with Crippen molar-refractivity contribution in [1.82, 2.24) is 0 Å². The van der Waals surface area contributed by atoms with Crippen LogP contribution in [0.4, 0.5) is 4.39 Å². The van der Waals surface area contributed by atoms with Crippen LogP contribution < -0.4 is 5.73 Å². The van der Waals surface area contributed by atoms with E-state index in [0.29, 0.717) is 0 Å². The molecule has 0 fully saturated rings. The van der Waals surface area contributed by atoms with Crippen LogP contribution in [0.2, 0.25) is 0 Å². The Morgan fingerprint density at radius 1 is 1.25 bits per heavy atom. The fraction of sp³-hybridized carbons (Fsp3) is 0.231. The van der Waals surface area contributed by atoms with Crippen LogP contribution in [0.25, 0.3) is 0 Å². The summed E-state index contributed by atoms with van der Waals surface area (Å²) >= 11 is 1.66. The Hall–Kier alpha value is -1.19. The van der Waals surface area contributed by atoms with Gasteiger partial charge in [-0.3, -0.25) is 0 Å². The highest BCUT2D eigenvalue weighted by Crippen LogP contribution is 2.23. The van der Waals surface area contributed by atoms with Gasteiger partial charge < -0.3 is 5.73 Å². The maximum absolute atomic E-state index is 12.8. The molecule has 2 N–H and O–H groups in total. The maximum atomic E-state index is 12.8. The Morgan fingerprint density at radius 2 is 1.94 bits per heavy atom. The van der Waals surface area contributed by atoms with Gasteiger partial charge in [0.15, 0.2) is 0 Å². The maximum Gasteiger partial charge on any atom is 0.123 e. The number of hydrogen-bond donors (Lipinski definition) is 1. The van der Waals surface area contributed by atoms with Crippen LogP contribution >= 0.6 is 11.3 Å². The monoisotopic (exact) mass is 235 g/mol. The summed E-state index contributed by atoms with van der Waals surface area (Å²) in [5.41, 5.74) is 7.99. The first-order valence-corrected chi connectivity index (χ1v) is 6.08. The van der Waals surface area contributed by atoms with Crippen molar-refractivity contribution >= 4 is 11.3 Å². The molecule has 0 spiro atoms. The lowest BCUT2D eigenvalue weighted by atomic mass is 9.87. The molecule has 0 saturated heterocycles. The third-order valence-corrected chi connectivity index (χ3v) is 3.39. The van der Waals surface area contributed by atoms with E-state index in [-0.39, 0.29) is 5.82 Å². The Balaban J connectivity index is 2.21. The quantitative estimate of drug-likeness (QED) is 0.868. The number of nitrogens with two attached hydrogens (primary N) is 1. The molecule has 0 aliphatic rings. The van der Waals surface area contributed by atoms with Gasteiger partial charge in [-0.25, -0.2) is 4.39 Å². The van der Waals surface area contributed by atoms with E-state index in [9.17, 15) is 4.39 Å². The highest BCUT2D eigenvalue weighted by atomic mass is 32.1. The normalized spacial score (nSPS) is 14.7. The summed E-state index contributed by atoms with van der Waals surface area (Å²) < 4.78 is 12.8. The second-order valence-electron chi connectivity index (χ2n) is 4.23. The van der Waals surface area contributed by atoms with E-state index in [1.54, 1.807) is 23.5 Å². The van der Waals surface area contributed by atoms with Gasteiger partial charge in [-0.1, -0.05) is 12.1 Å². The SMILES string of the molecule is CC(N)(Cc1ccsc1)c1ccc(F)cc1. The molecule has 0 bridgehead atoms. The van der Waals surface area contributed by atoms with Crippen molar-refractivity contribution in [2.24, 2.45) is 5.73 Å². The number of benzene rings is 1. The Bertz CT molecular complexity index is 445. The zero-order valence-electron chi connectivity index (χ0n) is 9.11. The van der Waals surface area contributed by atoms with E-state index in [0.717, 1.165) is 12.0 Å².